The number of carbonyl (C=O) groups is 1. The van der Waals surface area contributed by atoms with E-state index in [-0.39, 0.29) is 12.7 Å². The van der Waals surface area contributed by atoms with Crippen molar-refractivity contribution in [3.05, 3.63) is 52.3 Å². The van der Waals surface area contributed by atoms with Gasteiger partial charge in [0, 0.05) is 31.4 Å². The van der Waals surface area contributed by atoms with E-state index >= 15 is 0 Å². The number of fused-ring (bicyclic) bond motifs is 2. The van der Waals surface area contributed by atoms with Gasteiger partial charge < -0.3 is 20.1 Å². The standard InChI is InChI=1S/C20H23N3O3/c1-13-17(16-6-7-21-9-15(16)10-22-13)11-23-20(24)5-3-14-2-4-18-19(8-14)26-12-25-18/h2,4,8,10,21H,3,5-7,9,11-12H2,1H3,(H,23,24). The summed E-state index contributed by atoms with van der Waals surface area (Å²) in [6, 6.07) is 5.83. The molecule has 0 bridgehead atoms. The lowest BCUT2D eigenvalue weighted by Gasteiger charge is -2.21. The van der Waals surface area contributed by atoms with Crippen LogP contribution >= 0.6 is 0 Å². The van der Waals surface area contributed by atoms with Crippen molar-refractivity contribution >= 4 is 5.91 Å². The molecule has 1 aromatic heterocycles. The zero-order chi connectivity index (χ0) is 17.9. The number of rotatable bonds is 5. The maximum atomic E-state index is 12.3. The summed E-state index contributed by atoms with van der Waals surface area (Å²) >= 11 is 0. The number of hydrogen-bond acceptors (Lipinski definition) is 5. The Morgan fingerprint density at radius 2 is 2.19 bits per heavy atom. The summed E-state index contributed by atoms with van der Waals surface area (Å²) in [6.45, 7) is 4.65. The smallest absolute Gasteiger partial charge is 0.231 e. The van der Waals surface area contributed by atoms with Crippen molar-refractivity contribution in [2.75, 3.05) is 13.3 Å². The van der Waals surface area contributed by atoms with Crippen LogP contribution in [0.1, 0.15) is 34.4 Å². The van der Waals surface area contributed by atoms with Gasteiger partial charge in [-0.25, -0.2) is 0 Å². The van der Waals surface area contributed by atoms with Crippen molar-refractivity contribution in [2.45, 2.75) is 39.3 Å². The minimum Gasteiger partial charge on any atom is -0.454 e. The lowest BCUT2D eigenvalue weighted by Crippen LogP contribution is -2.29. The summed E-state index contributed by atoms with van der Waals surface area (Å²) in [4.78, 5) is 16.8. The number of nitrogens with zero attached hydrogens (tertiary/aromatic N) is 1. The van der Waals surface area contributed by atoms with Crippen molar-refractivity contribution in [1.82, 2.24) is 15.6 Å². The zero-order valence-electron chi connectivity index (χ0n) is 14.9. The highest BCUT2D eigenvalue weighted by atomic mass is 16.7. The monoisotopic (exact) mass is 353 g/mol. The van der Waals surface area contributed by atoms with Gasteiger partial charge in [-0.15, -0.1) is 0 Å². The minimum absolute atomic E-state index is 0.0496. The van der Waals surface area contributed by atoms with E-state index in [1.54, 1.807) is 0 Å². The number of hydrogen-bond donors (Lipinski definition) is 2. The summed E-state index contributed by atoms with van der Waals surface area (Å²) in [6.07, 6.45) is 4.06. The van der Waals surface area contributed by atoms with E-state index in [0.29, 0.717) is 19.4 Å². The zero-order valence-corrected chi connectivity index (χ0v) is 14.9. The van der Waals surface area contributed by atoms with Gasteiger partial charge in [0.25, 0.3) is 0 Å². The van der Waals surface area contributed by atoms with E-state index < -0.39 is 0 Å². The number of carbonyl (C=O) groups excluding carboxylic acids is 1. The topological polar surface area (TPSA) is 72.5 Å². The molecule has 26 heavy (non-hydrogen) atoms. The molecule has 1 amide bonds. The molecule has 2 N–H and O–H groups in total. The molecule has 0 radical (unpaired) electrons. The quantitative estimate of drug-likeness (QED) is 0.860. The van der Waals surface area contributed by atoms with Crippen molar-refractivity contribution in [2.24, 2.45) is 0 Å². The average molecular weight is 353 g/mol. The van der Waals surface area contributed by atoms with E-state index in [2.05, 4.69) is 15.6 Å². The van der Waals surface area contributed by atoms with E-state index in [0.717, 1.165) is 42.3 Å². The predicted octanol–water partition coefficient (Wildman–Crippen LogP) is 2.01. The molecule has 1 aromatic carbocycles. The van der Waals surface area contributed by atoms with Crippen LogP contribution in [-0.2, 0) is 30.7 Å². The summed E-state index contributed by atoms with van der Waals surface area (Å²) in [5.41, 5.74) is 5.83. The highest BCUT2D eigenvalue weighted by Crippen LogP contribution is 2.32. The molecule has 0 aliphatic carbocycles. The molecule has 0 spiro atoms. The minimum atomic E-state index is 0.0496. The van der Waals surface area contributed by atoms with Crippen LogP contribution in [0, 0.1) is 6.92 Å². The van der Waals surface area contributed by atoms with Crippen LogP contribution in [-0.4, -0.2) is 24.2 Å². The Balaban J connectivity index is 1.34. The molecular weight excluding hydrogens is 330 g/mol. The molecule has 6 nitrogen and oxygen atoms in total. The van der Waals surface area contributed by atoms with E-state index in [9.17, 15) is 4.79 Å². The molecule has 4 rings (SSSR count). The number of nitrogens with one attached hydrogen (secondary N) is 2. The third-order valence-corrected chi connectivity index (χ3v) is 5.01. The second-order valence-corrected chi connectivity index (χ2v) is 6.72. The van der Waals surface area contributed by atoms with Crippen LogP contribution in [0.15, 0.2) is 24.4 Å². The molecule has 0 fully saturated rings. The van der Waals surface area contributed by atoms with E-state index in [1.807, 2.05) is 31.3 Å². The lowest BCUT2D eigenvalue weighted by atomic mass is 9.96. The molecule has 2 aliphatic heterocycles. The van der Waals surface area contributed by atoms with Crippen LogP contribution in [0.5, 0.6) is 11.5 Å². The molecule has 6 heteroatoms. The summed E-state index contributed by atoms with van der Waals surface area (Å²) < 4.78 is 10.7. The third kappa shape index (κ3) is 3.51. The molecule has 2 aliphatic rings. The van der Waals surface area contributed by atoms with Gasteiger partial charge in [-0.1, -0.05) is 6.07 Å². The maximum absolute atomic E-state index is 12.3. The number of pyridine rings is 1. The van der Waals surface area contributed by atoms with Crippen LogP contribution in [0.4, 0.5) is 0 Å². The Hall–Kier alpha value is -2.60. The first-order valence-electron chi connectivity index (χ1n) is 9.03. The predicted molar refractivity (Wildman–Crippen MR) is 97.1 cm³/mol. The van der Waals surface area contributed by atoms with Crippen molar-refractivity contribution in [3.8, 4) is 11.5 Å². The Morgan fingerprint density at radius 3 is 3.12 bits per heavy atom. The molecule has 0 atom stereocenters. The Bertz CT molecular complexity index is 835. The summed E-state index contributed by atoms with van der Waals surface area (Å²) in [5, 5.41) is 6.42. The van der Waals surface area contributed by atoms with Gasteiger partial charge in [0.05, 0.1) is 0 Å². The lowest BCUT2D eigenvalue weighted by molar-refractivity contribution is -0.121. The molecule has 0 saturated carbocycles. The fraction of sp³-hybridized carbons (Fsp3) is 0.400. The number of aromatic nitrogens is 1. The van der Waals surface area contributed by atoms with Gasteiger partial charge >= 0.3 is 0 Å². The molecular formula is C20H23N3O3. The third-order valence-electron chi connectivity index (χ3n) is 5.01. The highest BCUT2D eigenvalue weighted by Gasteiger charge is 2.17. The number of aryl methyl sites for hydroxylation is 2. The normalized spacial score (nSPS) is 14.8. The fourth-order valence-corrected chi connectivity index (χ4v) is 3.51. The molecule has 2 aromatic rings. The largest absolute Gasteiger partial charge is 0.454 e. The van der Waals surface area contributed by atoms with Gasteiger partial charge in [-0.2, -0.15) is 0 Å². The van der Waals surface area contributed by atoms with Crippen LogP contribution in [0.3, 0.4) is 0 Å². The summed E-state index contributed by atoms with van der Waals surface area (Å²) in [5.74, 6) is 1.58. The van der Waals surface area contributed by atoms with Gasteiger partial charge in [0.2, 0.25) is 12.7 Å². The van der Waals surface area contributed by atoms with Crippen molar-refractivity contribution in [1.29, 1.82) is 0 Å². The van der Waals surface area contributed by atoms with Crippen LogP contribution in [0.2, 0.25) is 0 Å². The first-order valence-corrected chi connectivity index (χ1v) is 9.03. The first kappa shape index (κ1) is 16.8. The van der Waals surface area contributed by atoms with Gasteiger partial charge in [0.1, 0.15) is 0 Å². The van der Waals surface area contributed by atoms with Crippen molar-refractivity contribution < 1.29 is 14.3 Å². The Morgan fingerprint density at radius 1 is 1.31 bits per heavy atom. The van der Waals surface area contributed by atoms with Crippen LogP contribution in [0.25, 0.3) is 0 Å². The van der Waals surface area contributed by atoms with E-state index in [4.69, 9.17) is 9.47 Å². The van der Waals surface area contributed by atoms with Crippen molar-refractivity contribution in [3.63, 3.8) is 0 Å². The molecule has 3 heterocycles. The molecule has 0 unspecified atom stereocenters. The molecule has 136 valence electrons. The number of amides is 1. The highest BCUT2D eigenvalue weighted by molar-refractivity contribution is 5.76. The Labute approximate surface area is 152 Å². The molecule has 0 saturated heterocycles. The van der Waals surface area contributed by atoms with Gasteiger partial charge in [0.15, 0.2) is 11.5 Å². The first-order chi connectivity index (χ1) is 12.7. The fourth-order valence-electron chi connectivity index (χ4n) is 3.51. The van der Waals surface area contributed by atoms with Gasteiger partial charge in [-0.05, 0) is 60.7 Å². The van der Waals surface area contributed by atoms with Crippen LogP contribution < -0.4 is 20.1 Å². The van der Waals surface area contributed by atoms with E-state index in [1.165, 1.54) is 16.7 Å². The summed E-state index contributed by atoms with van der Waals surface area (Å²) in [7, 11) is 0. The second-order valence-electron chi connectivity index (χ2n) is 6.72. The SMILES string of the molecule is Cc1ncc2c(c1CNC(=O)CCc1ccc3c(c1)OCO3)CCNC2. The Kier molecular flexibility index (Phi) is 4.75. The maximum Gasteiger partial charge on any atom is 0.231 e. The van der Waals surface area contributed by atoms with Gasteiger partial charge in [-0.3, -0.25) is 9.78 Å². The number of benzene rings is 1. The number of ether oxygens (including phenoxy) is 2. The second kappa shape index (κ2) is 7.33. The average Bonchev–Trinajstić information content (AvgIpc) is 3.13.